The molecule has 36 heavy (non-hydrogen) atoms. The number of halogens is 1. The van der Waals surface area contributed by atoms with Crippen molar-refractivity contribution >= 4 is 23.4 Å². The molecule has 1 N–H and O–H groups in total. The highest BCUT2D eigenvalue weighted by Gasteiger charge is 2.29. The van der Waals surface area contributed by atoms with Gasteiger partial charge in [0.2, 0.25) is 5.95 Å². The molecule has 1 aromatic carbocycles. The Morgan fingerprint density at radius 3 is 2.64 bits per heavy atom. The molecule has 0 unspecified atom stereocenters. The first-order valence-electron chi connectivity index (χ1n) is 12.9. The number of piperidine rings is 1. The van der Waals surface area contributed by atoms with Gasteiger partial charge in [-0.1, -0.05) is 31.4 Å². The topological polar surface area (TPSA) is 80.2 Å². The molecule has 0 bridgehead atoms. The second kappa shape index (κ2) is 11.3. The number of hydrogen-bond donors (Lipinski definition) is 1. The van der Waals surface area contributed by atoms with Gasteiger partial charge in [-0.25, -0.2) is 24.1 Å². The fourth-order valence-electron chi connectivity index (χ4n) is 5.03. The van der Waals surface area contributed by atoms with E-state index in [0.29, 0.717) is 42.9 Å². The molecule has 7 nitrogen and oxygen atoms in total. The van der Waals surface area contributed by atoms with Crippen LogP contribution >= 0.6 is 11.3 Å². The lowest BCUT2D eigenvalue weighted by molar-refractivity contribution is 0.0970. The molecule has 9 heteroatoms. The summed E-state index contributed by atoms with van der Waals surface area (Å²) < 4.78 is 20.0. The number of ether oxygens (including phenoxy) is 1. The second-order valence-corrected chi connectivity index (χ2v) is 10.4. The van der Waals surface area contributed by atoms with E-state index in [1.807, 2.05) is 19.1 Å². The summed E-state index contributed by atoms with van der Waals surface area (Å²) in [7, 11) is 0. The number of likely N-dealkylation sites (tertiary alicyclic amines) is 1. The van der Waals surface area contributed by atoms with E-state index in [2.05, 4.69) is 10.3 Å². The predicted octanol–water partition coefficient (Wildman–Crippen LogP) is 6.49. The van der Waals surface area contributed by atoms with Crippen LogP contribution in [0.2, 0.25) is 0 Å². The molecule has 5 rings (SSSR count). The highest BCUT2D eigenvalue weighted by molar-refractivity contribution is 7.15. The zero-order chi connectivity index (χ0) is 24.9. The van der Waals surface area contributed by atoms with E-state index < -0.39 is 0 Å². The molecule has 3 aromatic rings. The number of carbonyl (C=O) groups excluding carboxylic acids is 1. The summed E-state index contributed by atoms with van der Waals surface area (Å²) in [5.74, 6) is 0.501. The average Bonchev–Trinajstić information content (AvgIpc) is 3.35. The molecule has 190 valence electrons. The number of benzene rings is 1. The van der Waals surface area contributed by atoms with Crippen molar-refractivity contribution in [2.75, 3.05) is 25.0 Å². The number of rotatable bonds is 6. The van der Waals surface area contributed by atoms with Gasteiger partial charge in [0, 0.05) is 36.8 Å². The minimum absolute atomic E-state index is 0.196. The Bertz CT molecular complexity index is 1190. The quantitative estimate of drug-likeness (QED) is 0.409. The normalized spacial score (nSPS) is 17.2. The number of anilines is 1. The Hall–Kier alpha value is -3.07. The molecule has 1 saturated carbocycles. The maximum atomic E-state index is 14.9. The van der Waals surface area contributed by atoms with Gasteiger partial charge in [0.1, 0.15) is 5.82 Å². The van der Waals surface area contributed by atoms with Crippen LogP contribution < -0.4 is 5.32 Å². The van der Waals surface area contributed by atoms with Crippen LogP contribution in [0.4, 0.5) is 15.1 Å². The first-order valence-corrected chi connectivity index (χ1v) is 13.7. The second-order valence-electron chi connectivity index (χ2n) is 9.41. The maximum Gasteiger partial charge on any atom is 0.409 e. The lowest BCUT2D eigenvalue weighted by Crippen LogP contribution is -2.38. The number of thiazole rings is 1. The van der Waals surface area contributed by atoms with Gasteiger partial charge >= 0.3 is 6.09 Å². The molecular formula is C27H32FN5O2S. The summed E-state index contributed by atoms with van der Waals surface area (Å²) in [4.78, 5) is 28.9. The first-order chi connectivity index (χ1) is 17.6. The third-order valence-electron chi connectivity index (χ3n) is 6.97. The fourth-order valence-corrected chi connectivity index (χ4v) is 6.25. The van der Waals surface area contributed by atoms with Gasteiger partial charge in [-0.2, -0.15) is 0 Å². The van der Waals surface area contributed by atoms with Crippen molar-refractivity contribution in [1.29, 1.82) is 0 Å². The molecule has 2 aromatic heterocycles. The van der Waals surface area contributed by atoms with Gasteiger partial charge < -0.3 is 15.0 Å². The van der Waals surface area contributed by atoms with Crippen LogP contribution in [-0.2, 0) is 4.74 Å². The third-order valence-corrected chi connectivity index (χ3v) is 8.21. The molecule has 1 aliphatic carbocycles. The molecule has 0 radical (unpaired) electrons. The standard InChI is InChI=1S/C27H32FN5O2S/c1-2-35-27(34)33-16-13-18(14-17-33)25-32-23(20-10-6-7-11-21(20)28)24(36-25)22-12-15-29-26(31-22)30-19-8-4-3-5-9-19/h6-7,10-12,15,18-19H,2-5,8-9,13-14,16-17H2,1H3,(H,29,30,31). The highest BCUT2D eigenvalue weighted by Crippen LogP contribution is 2.42. The van der Waals surface area contributed by atoms with E-state index in [1.54, 1.807) is 34.6 Å². The summed E-state index contributed by atoms with van der Waals surface area (Å²) in [5, 5.41) is 4.45. The predicted molar refractivity (Wildman–Crippen MR) is 140 cm³/mol. The van der Waals surface area contributed by atoms with Gasteiger partial charge in [-0.05, 0) is 50.8 Å². The number of nitrogens with one attached hydrogen (secondary N) is 1. The summed E-state index contributed by atoms with van der Waals surface area (Å²) >= 11 is 1.57. The van der Waals surface area contributed by atoms with Crippen molar-refractivity contribution in [3.63, 3.8) is 0 Å². The van der Waals surface area contributed by atoms with Gasteiger partial charge in [-0.15, -0.1) is 11.3 Å². The van der Waals surface area contributed by atoms with Gasteiger partial charge in [0.25, 0.3) is 0 Å². The SMILES string of the molecule is CCOC(=O)N1CCC(c2nc(-c3ccccc3F)c(-c3ccnc(NC4CCCCC4)n3)s2)CC1. The van der Waals surface area contributed by atoms with Crippen LogP contribution in [0.25, 0.3) is 21.8 Å². The zero-order valence-corrected chi connectivity index (χ0v) is 21.4. The summed E-state index contributed by atoms with van der Waals surface area (Å²) in [6.45, 7) is 3.43. The number of hydrogen-bond acceptors (Lipinski definition) is 7. The fraction of sp³-hybridized carbons (Fsp3) is 0.481. The molecule has 2 aliphatic rings. The highest BCUT2D eigenvalue weighted by atomic mass is 32.1. The summed E-state index contributed by atoms with van der Waals surface area (Å²) in [6, 6.07) is 9.01. The van der Waals surface area contributed by atoms with E-state index in [-0.39, 0.29) is 17.8 Å². The molecule has 2 fully saturated rings. The van der Waals surface area contributed by atoms with Crippen molar-refractivity contribution in [3.05, 3.63) is 47.4 Å². The van der Waals surface area contributed by atoms with Crippen molar-refractivity contribution in [1.82, 2.24) is 19.9 Å². The van der Waals surface area contributed by atoms with Crippen LogP contribution in [0.5, 0.6) is 0 Å². The molecule has 1 amide bonds. The van der Waals surface area contributed by atoms with E-state index in [4.69, 9.17) is 14.7 Å². The van der Waals surface area contributed by atoms with E-state index in [9.17, 15) is 9.18 Å². The van der Waals surface area contributed by atoms with E-state index in [1.165, 1.54) is 25.3 Å². The largest absolute Gasteiger partial charge is 0.450 e. The van der Waals surface area contributed by atoms with Gasteiger partial charge in [-0.3, -0.25) is 0 Å². The minimum Gasteiger partial charge on any atom is -0.450 e. The van der Waals surface area contributed by atoms with E-state index >= 15 is 0 Å². The molecule has 0 spiro atoms. The van der Waals surface area contributed by atoms with Gasteiger partial charge in [0.15, 0.2) is 0 Å². The zero-order valence-electron chi connectivity index (χ0n) is 20.6. The van der Waals surface area contributed by atoms with Crippen LogP contribution in [0.3, 0.4) is 0 Å². The van der Waals surface area contributed by atoms with Crippen molar-refractivity contribution in [2.24, 2.45) is 0 Å². The van der Waals surface area contributed by atoms with Gasteiger partial charge in [0.05, 0.1) is 27.9 Å². The molecule has 0 atom stereocenters. The Morgan fingerprint density at radius 1 is 1.11 bits per heavy atom. The number of amides is 1. The molecule has 1 saturated heterocycles. The van der Waals surface area contributed by atoms with Crippen LogP contribution in [-0.4, -0.2) is 51.7 Å². The monoisotopic (exact) mass is 509 g/mol. The van der Waals surface area contributed by atoms with Crippen LogP contribution in [0, 0.1) is 5.82 Å². The van der Waals surface area contributed by atoms with Crippen molar-refractivity contribution in [3.8, 4) is 21.8 Å². The Kier molecular flexibility index (Phi) is 7.75. The third kappa shape index (κ3) is 5.51. The number of nitrogens with zero attached hydrogens (tertiary/aromatic N) is 4. The molecule has 3 heterocycles. The smallest absolute Gasteiger partial charge is 0.409 e. The van der Waals surface area contributed by atoms with Crippen molar-refractivity contribution < 1.29 is 13.9 Å². The molecular weight excluding hydrogens is 477 g/mol. The lowest BCUT2D eigenvalue weighted by atomic mass is 9.96. The van der Waals surface area contributed by atoms with Crippen LogP contribution in [0.15, 0.2) is 36.5 Å². The van der Waals surface area contributed by atoms with Crippen molar-refractivity contribution in [2.45, 2.75) is 63.8 Å². The minimum atomic E-state index is -0.303. The Labute approximate surface area is 215 Å². The average molecular weight is 510 g/mol. The number of carbonyl (C=O) groups is 1. The Morgan fingerprint density at radius 2 is 1.89 bits per heavy atom. The Balaban J connectivity index is 1.43. The summed E-state index contributed by atoms with van der Waals surface area (Å²) in [6.07, 6.45) is 9.07. The first kappa shape index (κ1) is 24.6. The lowest BCUT2D eigenvalue weighted by Gasteiger charge is -2.30. The van der Waals surface area contributed by atoms with Crippen LogP contribution in [0.1, 0.15) is 62.8 Å². The van der Waals surface area contributed by atoms with E-state index in [0.717, 1.165) is 41.3 Å². The number of aromatic nitrogens is 3. The summed E-state index contributed by atoms with van der Waals surface area (Å²) in [5.41, 5.74) is 1.83. The maximum absolute atomic E-state index is 14.9. The molecule has 1 aliphatic heterocycles.